The molecule has 0 spiro atoms. The lowest BCUT2D eigenvalue weighted by atomic mass is 10.1. The summed E-state index contributed by atoms with van der Waals surface area (Å²) in [6.07, 6.45) is 1.77. The van der Waals surface area contributed by atoms with Crippen LogP contribution in [0.3, 0.4) is 0 Å². The van der Waals surface area contributed by atoms with Crippen molar-refractivity contribution in [1.82, 2.24) is 19.9 Å². The Hall–Kier alpha value is -5.88. The number of esters is 1. The zero-order valence-corrected chi connectivity index (χ0v) is 33.9. The van der Waals surface area contributed by atoms with Gasteiger partial charge in [0.2, 0.25) is 16.8 Å². The quantitative estimate of drug-likeness (QED) is 0.0199. The highest BCUT2D eigenvalue weighted by Crippen LogP contribution is 2.23. The summed E-state index contributed by atoms with van der Waals surface area (Å²) in [5, 5.41) is 24.0. The van der Waals surface area contributed by atoms with Gasteiger partial charge in [-0.1, -0.05) is 17.3 Å². The number of aromatic nitrogens is 3. The van der Waals surface area contributed by atoms with Crippen molar-refractivity contribution in [3.63, 3.8) is 0 Å². The second kappa shape index (κ2) is 19.6. The number of carboxylic acids is 1. The van der Waals surface area contributed by atoms with Gasteiger partial charge in [-0.05, 0) is 86.4 Å². The molecule has 0 radical (unpaired) electrons. The Morgan fingerprint density at radius 3 is 2.21 bits per heavy atom. The number of ether oxygens (including phenoxy) is 4. The van der Waals surface area contributed by atoms with E-state index in [1.54, 1.807) is 74.4 Å². The van der Waals surface area contributed by atoms with Crippen LogP contribution in [0.2, 0.25) is 0 Å². The van der Waals surface area contributed by atoms with Crippen molar-refractivity contribution in [3.8, 4) is 16.9 Å². The number of aryl methyl sites for hydroxylation is 1. The molecule has 3 aromatic rings. The topological polar surface area (TPSA) is 243 Å². The largest absolute Gasteiger partial charge is 0.489 e. The number of anilines is 1. The van der Waals surface area contributed by atoms with E-state index in [0.717, 1.165) is 22.5 Å². The third kappa shape index (κ3) is 15.8. The number of hydrogen-bond acceptors (Lipinski definition) is 14. The summed E-state index contributed by atoms with van der Waals surface area (Å²) in [5.41, 5.74) is 5.69. The summed E-state index contributed by atoms with van der Waals surface area (Å²) in [6, 6.07) is 7.04. The van der Waals surface area contributed by atoms with E-state index in [-0.39, 0.29) is 17.4 Å². The molecule has 19 nitrogen and oxygen atoms in total. The molecular weight excluding hydrogens is 751 g/mol. The predicted octanol–water partition coefficient (Wildman–Crippen LogP) is 5.31. The minimum Gasteiger partial charge on any atom is -0.489 e. The van der Waals surface area contributed by atoms with Crippen molar-refractivity contribution in [2.24, 2.45) is 10.3 Å². The average Bonchev–Trinajstić information content (AvgIpc) is 3.69. The molecule has 3 rings (SSSR count). The molecule has 0 aliphatic carbocycles. The van der Waals surface area contributed by atoms with Crippen molar-refractivity contribution in [1.29, 1.82) is 5.53 Å². The number of carbonyl (C=O) groups excluding carboxylic acids is 3. The van der Waals surface area contributed by atoms with Crippen LogP contribution in [0.15, 0.2) is 52.3 Å². The lowest BCUT2D eigenvalue weighted by molar-refractivity contribution is -0.773. The van der Waals surface area contributed by atoms with Crippen LogP contribution in [-0.4, -0.2) is 87.2 Å². The summed E-state index contributed by atoms with van der Waals surface area (Å²) >= 11 is 0.943. The second-order valence-corrected chi connectivity index (χ2v) is 16.0. The summed E-state index contributed by atoms with van der Waals surface area (Å²) in [5.74, 6) is -1.96. The van der Waals surface area contributed by atoms with Crippen LogP contribution in [0.4, 0.5) is 14.7 Å². The van der Waals surface area contributed by atoms with E-state index < -0.39 is 52.7 Å². The summed E-state index contributed by atoms with van der Waals surface area (Å²) in [4.78, 5) is 62.0. The van der Waals surface area contributed by atoms with Crippen molar-refractivity contribution < 1.29 is 52.8 Å². The number of carbonyl (C=O) groups is 4. The van der Waals surface area contributed by atoms with Gasteiger partial charge in [0, 0.05) is 11.9 Å². The van der Waals surface area contributed by atoms with Crippen LogP contribution >= 0.6 is 11.3 Å². The van der Waals surface area contributed by atoms with E-state index in [2.05, 4.69) is 30.8 Å². The van der Waals surface area contributed by atoms with E-state index in [4.69, 9.17) is 29.3 Å². The first-order valence-corrected chi connectivity index (χ1v) is 18.5. The first kappa shape index (κ1) is 44.5. The molecule has 0 aliphatic rings. The highest BCUT2D eigenvalue weighted by molar-refractivity contribution is 7.14. The highest BCUT2D eigenvalue weighted by Gasteiger charge is 2.30. The molecule has 0 aliphatic heterocycles. The average molecular weight is 802 g/mol. The first-order valence-electron chi connectivity index (χ1n) is 17.6. The number of aliphatic carboxylic acids is 1. The van der Waals surface area contributed by atoms with Gasteiger partial charge >= 0.3 is 24.1 Å². The Morgan fingerprint density at radius 2 is 1.61 bits per heavy atom. The maximum Gasteiger partial charge on any atom is 0.413 e. The zero-order valence-electron chi connectivity index (χ0n) is 33.1. The summed E-state index contributed by atoms with van der Waals surface area (Å²) in [7, 11) is 0. The molecule has 1 unspecified atom stereocenters. The number of thiazole rings is 1. The van der Waals surface area contributed by atoms with Crippen LogP contribution in [0.25, 0.3) is 11.1 Å². The summed E-state index contributed by atoms with van der Waals surface area (Å²) in [6.45, 7) is 16.8. The standard InChI is InChI=1S/C36H49N9O10S/c1-34(2,3)52-30(48)27(55-42-28(29(46)47)26-22-56-31(40-26)41-33(50)54-36(7,8)9)21-51-25-13-11-23(12-14-25)24-19-44(45(20-24)18-16-39-43-37)17-10-15-38-32(49)53-35(4,5)6/h11-14,19-20,22,27,37H,10,15-18,21H2,1-9H3,(H-2,38,40,41,46,47,49,50)/p+2. The molecule has 0 saturated carbocycles. The third-order valence-corrected chi connectivity index (χ3v) is 7.48. The van der Waals surface area contributed by atoms with E-state index in [1.165, 1.54) is 5.38 Å². The molecule has 304 valence electrons. The van der Waals surface area contributed by atoms with Gasteiger partial charge < -0.3 is 34.2 Å². The van der Waals surface area contributed by atoms with Gasteiger partial charge in [-0.3, -0.25) is 5.32 Å². The van der Waals surface area contributed by atoms with Gasteiger partial charge in [0.25, 0.3) is 6.10 Å². The number of carboxylic acid groups (broad SMARTS) is 1. The van der Waals surface area contributed by atoms with Crippen LogP contribution in [-0.2, 0) is 41.7 Å². The van der Waals surface area contributed by atoms with Crippen molar-refractivity contribution in [2.45, 2.75) is 105 Å². The SMILES string of the molecule is CC(C)(C)OC(=O)NCCCn1cc(-c2ccc(OCC(ON=C(C(=O)O)c3csc(NC(=O)OC(C)(C)C)n3)C(=O)OC(C)(C)C)cc2)c[n+]1CCN=[N+]=N. The monoisotopic (exact) mass is 801 g/mol. The molecule has 1 aromatic carbocycles. The third-order valence-electron chi connectivity index (χ3n) is 6.73. The molecule has 2 aromatic heterocycles. The fraction of sp³-hybridized carbons (Fsp3) is 0.528. The van der Waals surface area contributed by atoms with Crippen LogP contribution in [0.5, 0.6) is 5.75 Å². The van der Waals surface area contributed by atoms with Gasteiger partial charge in [0.15, 0.2) is 18.2 Å². The molecule has 0 fully saturated rings. The van der Waals surface area contributed by atoms with Gasteiger partial charge in [-0.25, -0.2) is 24.2 Å². The van der Waals surface area contributed by atoms with E-state index >= 15 is 0 Å². The van der Waals surface area contributed by atoms with Gasteiger partial charge in [0.05, 0.1) is 18.3 Å². The van der Waals surface area contributed by atoms with Crippen LogP contribution in [0, 0.1) is 5.53 Å². The Kier molecular flexibility index (Phi) is 15.6. The van der Waals surface area contributed by atoms with E-state index in [1.807, 2.05) is 33.9 Å². The maximum absolute atomic E-state index is 13.1. The molecular formula is C36H51N9O10S+2. The van der Waals surface area contributed by atoms with Gasteiger partial charge in [-0.2, -0.15) is 4.68 Å². The number of benzene rings is 1. The van der Waals surface area contributed by atoms with E-state index in [0.29, 0.717) is 38.3 Å². The molecule has 0 bridgehead atoms. The fourth-order valence-corrected chi connectivity index (χ4v) is 5.23. The van der Waals surface area contributed by atoms with E-state index in [9.17, 15) is 24.3 Å². The maximum atomic E-state index is 13.1. The Labute approximate surface area is 328 Å². The number of nitrogens with zero attached hydrogens (tertiary/aromatic N) is 6. The normalized spacial score (nSPS) is 12.5. The summed E-state index contributed by atoms with van der Waals surface area (Å²) < 4.78 is 25.8. The number of nitrogens with one attached hydrogen (secondary N) is 3. The molecule has 2 heterocycles. The number of rotatable bonds is 17. The highest BCUT2D eigenvalue weighted by atomic mass is 32.1. The molecule has 0 saturated heterocycles. The number of alkyl carbamates (subject to hydrolysis) is 1. The van der Waals surface area contributed by atoms with Crippen LogP contribution in [0.1, 0.15) is 74.4 Å². The number of hydrogen-bond donors (Lipinski definition) is 4. The van der Waals surface area contributed by atoms with Crippen molar-refractivity contribution in [3.05, 3.63) is 47.7 Å². The lowest BCUT2D eigenvalue weighted by Crippen LogP contribution is -2.44. The molecule has 20 heteroatoms. The lowest BCUT2D eigenvalue weighted by Gasteiger charge is -2.23. The number of oxime groups is 1. The van der Waals surface area contributed by atoms with Gasteiger partial charge in [0.1, 0.15) is 45.5 Å². The number of amides is 2. The predicted molar refractivity (Wildman–Crippen MR) is 203 cm³/mol. The van der Waals surface area contributed by atoms with Crippen molar-refractivity contribution in [2.75, 3.05) is 25.0 Å². The first-order chi connectivity index (χ1) is 26.1. The van der Waals surface area contributed by atoms with Crippen LogP contribution < -0.4 is 25.0 Å². The molecule has 2 amide bonds. The smallest absolute Gasteiger partial charge is 0.413 e. The molecule has 1 atom stereocenters. The van der Waals surface area contributed by atoms with Crippen molar-refractivity contribution >= 4 is 46.3 Å². The zero-order chi connectivity index (χ0) is 41.7. The molecule has 4 N–H and O–H groups in total. The fourth-order valence-electron chi connectivity index (χ4n) is 4.55. The second-order valence-electron chi connectivity index (χ2n) is 15.2. The Morgan fingerprint density at radius 1 is 0.964 bits per heavy atom. The minimum absolute atomic E-state index is 0.0632. The Bertz CT molecular complexity index is 1900. The minimum atomic E-state index is -1.49. The Balaban J connectivity index is 1.74. The molecule has 56 heavy (non-hydrogen) atoms. The van der Waals surface area contributed by atoms with Gasteiger partial charge in [-0.15, -0.1) is 16.0 Å².